The molecule has 3 heteroatoms. The van der Waals surface area contributed by atoms with Crippen LogP contribution in [0.15, 0.2) is 213 Å². The van der Waals surface area contributed by atoms with Gasteiger partial charge in [0.25, 0.3) is 0 Å². The van der Waals surface area contributed by atoms with Crippen LogP contribution in [0.3, 0.4) is 0 Å². The molecule has 0 aliphatic heterocycles. The van der Waals surface area contributed by atoms with Gasteiger partial charge in [0, 0.05) is 43.8 Å². The van der Waals surface area contributed by atoms with Crippen molar-refractivity contribution in [3.05, 3.63) is 224 Å². The van der Waals surface area contributed by atoms with Gasteiger partial charge < -0.3 is 9.30 Å². The highest BCUT2D eigenvalue weighted by Crippen LogP contribution is 2.41. The lowest BCUT2D eigenvalue weighted by Gasteiger charge is -2.22. The standard InChI is InChI=1S/C48H38N2S/c1-7-10-18-33(4)34(5)26-27-35(6)49(39(9-3)29-38-32-51-47-25-16-13-20-40(38)47)28-17-19-36(8-2)37-30-43-41-21-11-14-23-45(41)50-46-24-15-12-22-42(46)44(31-37)48(43)50/h7-32H,1-6H2/b18-10-,27-26-,28-17+,36-19+,39-29+. The monoisotopic (exact) mass is 674 g/mol. The fourth-order valence-electron chi connectivity index (χ4n) is 6.65. The second-order valence-electron chi connectivity index (χ2n) is 12.3. The molecule has 0 amide bonds. The maximum Gasteiger partial charge on any atom is 0.0620 e. The summed E-state index contributed by atoms with van der Waals surface area (Å²) in [6.07, 6.45) is 21.4. The maximum atomic E-state index is 4.45. The van der Waals surface area contributed by atoms with Gasteiger partial charge in [-0.1, -0.05) is 131 Å². The second kappa shape index (κ2) is 14.2. The van der Waals surface area contributed by atoms with Gasteiger partial charge in [-0.05, 0) is 93.2 Å². The Kier molecular flexibility index (Phi) is 9.22. The van der Waals surface area contributed by atoms with Crippen molar-refractivity contribution >= 4 is 71.2 Å². The first-order valence-electron chi connectivity index (χ1n) is 16.8. The topological polar surface area (TPSA) is 7.65 Å². The molecule has 0 unspecified atom stereocenters. The summed E-state index contributed by atoms with van der Waals surface area (Å²) in [5, 5.41) is 8.32. The average molecular weight is 675 g/mol. The summed E-state index contributed by atoms with van der Waals surface area (Å²) in [5.41, 5.74) is 10.1. The van der Waals surface area contributed by atoms with Gasteiger partial charge in [0.2, 0.25) is 0 Å². The molecule has 0 radical (unpaired) electrons. The molecule has 7 aromatic rings. The first kappa shape index (κ1) is 33.1. The molecule has 0 aliphatic carbocycles. The molecule has 0 fully saturated rings. The zero-order chi connectivity index (χ0) is 35.5. The van der Waals surface area contributed by atoms with E-state index in [1.54, 1.807) is 17.4 Å². The van der Waals surface area contributed by atoms with Crippen LogP contribution >= 0.6 is 11.3 Å². The molecular weight excluding hydrogens is 637 g/mol. The Morgan fingerprint density at radius 2 is 1.29 bits per heavy atom. The molecule has 0 saturated heterocycles. The molecule has 0 aliphatic rings. The Morgan fingerprint density at radius 3 is 1.94 bits per heavy atom. The van der Waals surface area contributed by atoms with Crippen LogP contribution in [0.4, 0.5) is 0 Å². The van der Waals surface area contributed by atoms with Crippen molar-refractivity contribution in [2.45, 2.75) is 0 Å². The van der Waals surface area contributed by atoms with E-state index in [-0.39, 0.29) is 0 Å². The lowest BCUT2D eigenvalue weighted by Crippen LogP contribution is -2.12. The van der Waals surface area contributed by atoms with Crippen LogP contribution < -0.4 is 0 Å². The van der Waals surface area contributed by atoms with E-state index in [4.69, 9.17) is 0 Å². The third-order valence-electron chi connectivity index (χ3n) is 9.20. The summed E-state index contributed by atoms with van der Waals surface area (Å²) in [6, 6.07) is 30.3. The number of thiophene rings is 1. The first-order chi connectivity index (χ1) is 24.9. The SMILES string of the molecule is C=C/C=C\C(=C)C(=C)/C=C\C(=C)N(/C=C/C=C(\C=C)c1cc2c3ccccc3n3c4ccccc4c(c1)c23)/C(C=C)=C/c1csc2ccccc12. The molecule has 0 atom stereocenters. The number of para-hydroxylation sites is 2. The summed E-state index contributed by atoms with van der Waals surface area (Å²) in [5.74, 6) is 0. The van der Waals surface area contributed by atoms with E-state index in [0.717, 1.165) is 39.2 Å². The maximum absolute atomic E-state index is 4.45. The fraction of sp³-hybridized carbons (Fsp3) is 0. The lowest BCUT2D eigenvalue weighted by atomic mass is 9.99. The number of allylic oxidation sites excluding steroid dienone is 12. The quantitative estimate of drug-likeness (QED) is 0.110. The number of rotatable bonds is 13. The van der Waals surface area contributed by atoms with Crippen molar-refractivity contribution in [3.8, 4) is 0 Å². The van der Waals surface area contributed by atoms with Crippen LogP contribution in [0.1, 0.15) is 11.1 Å². The minimum atomic E-state index is 0.742. The molecule has 0 saturated carbocycles. The van der Waals surface area contributed by atoms with E-state index in [9.17, 15) is 0 Å². The predicted molar refractivity (Wildman–Crippen MR) is 226 cm³/mol. The van der Waals surface area contributed by atoms with Gasteiger partial charge in [0.1, 0.15) is 0 Å². The van der Waals surface area contributed by atoms with E-state index < -0.39 is 0 Å². The van der Waals surface area contributed by atoms with E-state index in [1.165, 1.54) is 48.2 Å². The summed E-state index contributed by atoms with van der Waals surface area (Å²) in [6.45, 7) is 24.9. The van der Waals surface area contributed by atoms with Gasteiger partial charge in [0.15, 0.2) is 0 Å². The van der Waals surface area contributed by atoms with Gasteiger partial charge in [-0.25, -0.2) is 0 Å². The normalized spacial score (nSPS) is 12.8. The van der Waals surface area contributed by atoms with Gasteiger partial charge in [-0.2, -0.15) is 0 Å². The Bertz CT molecular complexity index is 2610. The average Bonchev–Trinajstić information content (AvgIpc) is 3.84. The van der Waals surface area contributed by atoms with Crippen molar-refractivity contribution in [1.29, 1.82) is 0 Å². The Hall–Kier alpha value is -6.42. The van der Waals surface area contributed by atoms with Gasteiger partial charge in [-0.15, -0.1) is 11.3 Å². The van der Waals surface area contributed by atoms with E-state index in [2.05, 4.69) is 146 Å². The minimum absolute atomic E-state index is 0.742. The number of nitrogens with zero attached hydrogens (tertiary/aromatic N) is 2. The highest BCUT2D eigenvalue weighted by molar-refractivity contribution is 7.17. The van der Waals surface area contributed by atoms with Gasteiger partial charge >= 0.3 is 0 Å². The molecule has 4 aromatic carbocycles. The zero-order valence-corrected chi connectivity index (χ0v) is 29.4. The highest BCUT2D eigenvalue weighted by Gasteiger charge is 2.18. The highest BCUT2D eigenvalue weighted by atomic mass is 32.1. The molecule has 51 heavy (non-hydrogen) atoms. The van der Waals surface area contributed by atoms with E-state index >= 15 is 0 Å². The molecule has 0 bridgehead atoms. The van der Waals surface area contributed by atoms with Crippen LogP contribution in [0, 0.1) is 0 Å². The fourth-order valence-corrected chi connectivity index (χ4v) is 7.57. The van der Waals surface area contributed by atoms with Gasteiger partial charge in [-0.3, -0.25) is 0 Å². The smallest absolute Gasteiger partial charge is 0.0620 e. The summed E-state index contributed by atoms with van der Waals surface area (Å²) < 4.78 is 3.63. The van der Waals surface area contributed by atoms with Crippen LogP contribution in [0.25, 0.3) is 59.8 Å². The molecular formula is C48H38N2S. The Morgan fingerprint density at radius 1 is 0.667 bits per heavy atom. The van der Waals surface area contributed by atoms with Crippen LogP contribution in [-0.2, 0) is 0 Å². The van der Waals surface area contributed by atoms with Crippen molar-refractivity contribution in [1.82, 2.24) is 9.30 Å². The zero-order valence-electron chi connectivity index (χ0n) is 28.6. The van der Waals surface area contributed by atoms with Crippen molar-refractivity contribution in [2.75, 3.05) is 0 Å². The number of aromatic nitrogens is 1. The first-order valence-corrected chi connectivity index (χ1v) is 17.6. The van der Waals surface area contributed by atoms with Crippen LogP contribution in [0.5, 0.6) is 0 Å². The Labute approximate surface area is 303 Å². The van der Waals surface area contributed by atoms with Crippen molar-refractivity contribution < 1.29 is 0 Å². The summed E-state index contributed by atoms with van der Waals surface area (Å²) in [4.78, 5) is 2.04. The largest absolute Gasteiger partial charge is 0.318 e. The molecule has 7 rings (SSSR count). The summed E-state index contributed by atoms with van der Waals surface area (Å²) in [7, 11) is 0. The van der Waals surface area contributed by atoms with Crippen LogP contribution in [-0.4, -0.2) is 9.30 Å². The number of hydrogen-bond acceptors (Lipinski definition) is 2. The third kappa shape index (κ3) is 6.16. The minimum Gasteiger partial charge on any atom is -0.318 e. The molecule has 246 valence electrons. The van der Waals surface area contributed by atoms with E-state index in [1.807, 2.05) is 53.6 Å². The van der Waals surface area contributed by atoms with Gasteiger partial charge in [0.05, 0.1) is 16.6 Å². The van der Waals surface area contributed by atoms with E-state index in [0.29, 0.717) is 0 Å². The number of hydrogen-bond donors (Lipinski definition) is 0. The number of fused-ring (bicyclic) bond motifs is 7. The van der Waals surface area contributed by atoms with Crippen molar-refractivity contribution in [2.24, 2.45) is 0 Å². The Balaban J connectivity index is 1.30. The molecule has 0 spiro atoms. The lowest BCUT2D eigenvalue weighted by molar-refractivity contribution is 0.621. The molecule has 3 heterocycles. The van der Waals surface area contributed by atoms with Crippen LogP contribution in [0.2, 0.25) is 0 Å². The second-order valence-corrected chi connectivity index (χ2v) is 13.2. The number of benzene rings is 4. The predicted octanol–water partition coefficient (Wildman–Crippen LogP) is 13.6. The third-order valence-corrected chi connectivity index (χ3v) is 10.2. The molecule has 0 N–H and O–H groups in total. The molecule has 2 nitrogen and oxygen atoms in total. The summed E-state index contributed by atoms with van der Waals surface area (Å²) >= 11 is 1.73. The molecule has 3 aromatic heterocycles. The van der Waals surface area contributed by atoms with Crippen molar-refractivity contribution in [3.63, 3.8) is 0 Å².